The van der Waals surface area contributed by atoms with E-state index in [2.05, 4.69) is 10.1 Å². The smallest absolute Gasteiger partial charge is 0.323 e. The molecular formula is C8H14ClNO2. The summed E-state index contributed by atoms with van der Waals surface area (Å²) in [6, 6.07) is -0.00116. The van der Waals surface area contributed by atoms with Crippen LogP contribution in [0.4, 0.5) is 0 Å². The molecule has 0 radical (unpaired) electrons. The molecule has 0 aromatic rings. The van der Waals surface area contributed by atoms with E-state index in [0.717, 1.165) is 12.5 Å². The van der Waals surface area contributed by atoms with Crippen LogP contribution in [0.5, 0.6) is 0 Å². The lowest BCUT2D eigenvalue weighted by Gasteiger charge is -2.20. The highest BCUT2D eigenvalue weighted by molar-refractivity contribution is 5.85. The van der Waals surface area contributed by atoms with Crippen molar-refractivity contribution < 1.29 is 9.53 Å². The molecule has 4 heteroatoms. The summed E-state index contributed by atoms with van der Waals surface area (Å²) in [6.45, 7) is 0.973. The fraction of sp³-hybridized carbons (Fsp3) is 0.875. The second-order valence-electron chi connectivity index (χ2n) is 3.40. The zero-order valence-electron chi connectivity index (χ0n) is 7.08. The largest absolute Gasteiger partial charge is 0.468 e. The second-order valence-corrected chi connectivity index (χ2v) is 3.40. The molecule has 1 saturated carbocycles. The van der Waals surface area contributed by atoms with Gasteiger partial charge in [0.25, 0.3) is 0 Å². The summed E-state index contributed by atoms with van der Waals surface area (Å²) < 4.78 is 4.69. The quantitative estimate of drug-likeness (QED) is 0.617. The van der Waals surface area contributed by atoms with Crippen molar-refractivity contribution in [3.05, 3.63) is 0 Å². The van der Waals surface area contributed by atoms with E-state index in [0.29, 0.717) is 5.92 Å². The summed E-state index contributed by atoms with van der Waals surface area (Å²) in [5.74, 6) is 1.30. The van der Waals surface area contributed by atoms with Crippen LogP contribution in [-0.4, -0.2) is 25.7 Å². The third-order valence-electron chi connectivity index (χ3n) is 2.74. The Balaban J connectivity index is 0.000000720. The fourth-order valence-electron chi connectivity index (χ4n) is 1.97. The van der Waals surface area contributed by atoms with Gasteiger partial charge in [-0.05, 0) is 31.2 Å². The number of hydrogen-bond donors (Lipinski definition) is 1. The second kappa shape index (κ2) is 3.62. The molecule has 70 valence electrons. The van der Waals surface area contributed by atoms with Gasteiger partial charge in [-0.25, -0.2) is 0 Å². The average molecular weight is 192 g/mol. The number of carbonyl (C=O) groups excluding carboxylic acids is 1. The normalized spacial score (nSPS) is 37.6. The number of fused-ring (bicyclic) bond motifs is 1. The number of carbonyl (C=O) groups is 1. The summed E-state index contributed by atoms with van der Waals surface area (Å²) in [5.41, 5.74) is 0. The number of hydrogen-bond acceptors (Lipinski definition) is 3. The van der Waals surface area contributed by atoms with E-state index in [1.54, 1.807) is 0 Å². The van der Waals surface area contributed by atoms with Crippen LogP contribution in [0.1, 0.15) is 12.8 Å². The first-order valence-electron chi connectivity index (χ1n) is 4.14. The maximum atomic E-state index is 11.1. The van der Waals surface area contributed by atoms with Gasteiger partial charge in [0, 0.05) is 0 Å². The van der Waals surface area contributed by atoms with E-state index in [-0.39, 0.29) is 24.4 Å². The number of rotatable bonds is 1. The van der Waals surface area contributed by atoms with Crippen LogP contribution in [0.15, 0.2) is 0 Å². The molecule has 3 unspecified atom stereocenters. The third-order valence-corrected chi connectivity index (χ3v) is 2.74. The van der Waals surface area contributed by atoms with Crippen molar-refractivity contribution in [3.8, 4) is 0 Å². The number of halogens is 1. The lowest BCUT2D eigenvalue weighted by Crippen LogP contribution is -2.43. The van der Waals surface area contributed by atoms with Crippen LogP contribution in [-0.2, 0) is 9.53 Å². The molecule has 12 heavy (non-hydrogen) atoms. The Hall–Kier alpha value is -0.280. The van der Waals surface area contributed by atoms with Gasteiger partial charge in [-0.2, -0.15) is 0 Å². The van der Waals surface area contributed by atoms with Gasteiger partial charge in [-0.15, -0.1) is 12.4 Å². The Morgan fingerprint density at radius 2 is 2.33 bits per heavy atom. The first kappa shape index (κ1) is 9.81. The third kappa shape index (κ3) is 1.57. The number of ether oxygens (including phenoxy) is 1. The maximum Gasteiger partial charge on any atom is 0.323 e. The molecule has 3 nitrogen and oxygen atoms in total. The van der Waals surface area contributed by atoms with Gasteiger partial charge < -0.3 is 10.1 Å². The van der Waals surface area contributed by atoms with Gasteiger partial charge in [0.05, 0.1) is 7.11 Å². The maximum absolute atomic E-state index is 11.1. The Kier molecular flexibility index (Phi) is 2.96. The van der Waals surface area contributed by atoms with Crippen LogP contribution < -0.4 is 5.32 Å². The Morgan fingerprint density at radius 1 is 1.58 bits per heavy atom. The molecule has 2 fully saturated rings. The predicted molar refractivity (Wildman–Crippen MR) is 47.3 cm³/mol. The molecule has 0 aromatic heterocycles. The van der Waals surface area contributed by atoms with Gasteiger partial charge in [-0.3, -0.25) is 4.79 Å². The molecular weight excluding hydrogens is 178 g/mol. The zero-order chi connectivity index (χ0) is 7.84. The molecule has 2 aliphatic rings. The minimum atomic E-state index is -0.0859. The molecule has 1 aliphatic heterocycles. The molecule has 1 N–H and O–H groups in total. The molecule has 2 rings (SSSR count). The van der Waals surface area contributed by atoms with E-state index in [1.807, 2.05) is 0 Å². The average Bonchev–Trinajstić information content (AvgIpc) is 2.80. The van der Waals surface area contributed by atoms with E-state index in [1.165, 1.54) is 20.0 Å². The molecule has 0 bridgehead atoms. The van der Waals surface area contributed by atoms with Crippen molar-refractivity contribution in [1.29, 1.82) is 0 Å². The summed E-state index contributed by atoms with van der Waals surface area (Å²) in [5, 5.41) is 3.19. The van der Waals surface area contributed by atoms with Gasteiger partial charge in [-0.1, -0.05) is 0 Å². The fourth-order valence-corrected chi connectivity index (χ4v) is 1.97. The lowest BCUT2D eigenvalue weighted by atomic mass is 10.1. The monoisotopic (exact) mass is 191 g/mol. The predicted octanol–water partition coefficient (Wildman–Crippen LogP) is 0.579. The highest BCUT2D eigenvalue weighted by Crippen LogP contribution is 2.46. The first-order valence-corrected chi connectivity index (χ1v) is 4.14. The summed E-state index contributed by atoms with van der Waals surface area (Å²) >= 11 is 0. The van der Waals surface area contributed by atoms with Crippen molar-refractivity contribution in [2.24, 2.45) is 11.8 Å². The van der Waals surface area contributed by atoms with Crippen molar-refractivity contribution in [1.82, 2.24) is 5.32 Å². The molecule has 3 atom stereocenters. The SMILES string of the molecule is COC(=O)C1NCCC2CC21.Cl. The molecule has 0 spiro atoms. The Labute approximate surface area is 78.3 Å². The van der Waals surface area contributed by atoms with Crippen molar-refractivity contribution in [3.63, 3.8) is 0 Å². The molecule has 1 aliphatic carbocycles. The molecule has 1 saturated heterocycles. The highest BCUT2D eigenvalue weighted by Gasteiger charge is 2.48. The minimum absolute atomic E-state index is 0. The van der Waals surface area contributed by atoms with Gasteiger partial charge in [0.2, 0.25) is 0 Å². The summed E-state index contributed by atoms with van der Waals surface area (Å²) in [6.07, 6.45) is 2.45. The standard InChI is InChI=1S/C8H13NO2.ClH/c1-11-8(10)7-6-4-5(6)2-3-9-7;/h5-7,9H,2-4H2,1H3;1H. The van der Waals surface area contributed by atoms with Crippen LogP contribution in [0.3, 0.4) is 0 Å². The Bertz CT molecular complexity index is 186. The van der Waals surface area contributed by atoms with Crippen molar-refractivity contribution in [2.45, 2.75) is 18.9 Å². The number of esters is 1. The number of piperidine rings is 1. The van der Waals surface area contributed by atoms with Crippen molar-refractivity contribution in [2.75, 3.05) is 13.7 Å². The van der Waals surface area contributed by atoms with Gasteiger partial charge in [0.15, 0.2) is 0 Å². The van der Waals surface area contributed by atoms with Crippen molar-refractivity contribution >= 4 is 18.4 Å². The topological polar surface area (TPSA) is 38.3 Å². The molecule has 0 aromatic carbocycles. The van der Waals surface area contributed by atoms with Crippen LogP contribution in [0, 0.1) is 11.8 Å². The van der Waals surface area contributed by atoms with Crippen LogP contribution in [0.25, 0.3) is 0 Å². The van der Waals surface area contributed by atoms with E-state index >= 15 is 0 Å². The number of methoxy groups -OCH3 is 1. The Morgan fingerprint density at radius 3 is 3.00 bits per heavy atom. The van der Waals surface area contributed by atoms with Gasteiger partial charge in [0.1, 0.15) is 6.04 Å². The number of nitrogens with one attached hydrogen (secondary N) is 1. The zero-order valence-corrected chi connectivity index (χ0v) is 7.89. The minimum Gasteiger partial charge on any atom is -0.468 e. The molecule has 0 amide bonds. The summed E-state index contributed by atoms with van der Waals surface area (Å²) in [4.78, 5) is 11.1. The van der Waals surface area contributed by atoms with Crippen LogP contribution in [0.2, 0.25) is 0 Å². The highest BCUT2D eigenvalue weighted by atomic mass is 35.5. The summed E-state index contributed by atoms with van der Waals surface area (Å²) in [7, 11) is 1.45. The first-order chi connectivity index (χ1) is 5.33. The van der Waals surface area contributed by atoms with Gasteiger partial charge >= 0.3 is 5.97 Å². The van der Waals surface area contributed by atoms with Crippen LogP contribution >= 0.6 is 12.4 Å². The molecule has 1 heterocycles. The van der Waals surface area contributed by atoms with E-state index in [9.17, 15) is 4.79 Å². The van der Waals surface area contributed by atoms with E-state index in [4.69, 9.17) is 0 Å². The lowest BCUT2D eigenvalue weighted by molar-refractivity contribution is -0.144. The van der Waals surface area contributed by atoms with E-state index < -0.39 is 0 Å².